The molecule has 0 aliphatic heterocycles. The van der Waals surface area contributed by atoms with Crippen LogP contribution in [-0.4, -0.2) is 57.9 Å². The number of nitrogens with two attached hydrogens (primary N) is 1. The summed E-state index contributed by atoms with van der Waals surface area (Å²) >= 11 is 0. The molecule has 0 radical (unpaired) electrons. The number of carbonyl (C=O) groups is 4. The Morgan fingerprint density at radius 2 is 1.60 bits per heavy atom. The lowest BCUT2D eigenvalue weighted by Gasteiger charge is -2.26. The average Bonchev–Trinajstić information content (AvgIpc) is 3.18. The third-order valence-electron chi connectivity index (χ3n) is 5.77. The molecule has 7 N–H and O–H groups in total. The van der Waals surface area contributed by atoms with Crippen molar-refractivity contribution in [3.05, 3.63) is 36.0 Å². The van der Waals surface area contributed by atoms with Gasteiger partial charge < -0.3 is 31.8 Å². The van der Waals surface area contributed by atoms with Crippen LogP contribution >= 0.6 is 0 Å². The summed E-state index contributed by atoms with van der Waals surface area (Å²) in [6.07, 6.45) is 2.36. The van der Waals surface area contributed by atoms with E-state index >= 15 is 0 Å². The number of para-hydroxylation sites is 1. The van der Waals surface area contributed by atoms with Gasteiger partial charge in [0.2, 0.25) is 17.7 Å². The van der Waals surface area contributed by atoms with Crippen LogP contribution in [0.25, 0.3) is 10.9 Å². The molecule has 4 unspecified atom stereocenters. The van der Waals surface area contributed by atoms with Crippen LogP contribution in [0.2, 0.25) is 0 Å². The normalized spacial score (nSPS) is 14.9. The zero-order valence-corrected chi connectivity index (χ0v) is 20.9. The third kappa shape index (κ3) is 7.81. The van der Waals surface area contributed by atoms with Gasteiger partial charge in [0.15, 0.2) is 0 Å². The molecule has 4 atom stereocenters. The number of hydrogen-bond donors (Lipinski definition) is 6. The number of amides is 3. The summed E-state index contributed by atoms with van der Waals surface area (Å²) in [7, 11) is 0. The van der Waals surface area contributed by atoms with Gasteiger partial charge in [-0.15, -0.1) is 0 Å². The molecule has 10 heteroatoms. The van der Waals surface area contributed by atoms with Gasteiger partial charge in [-0.3, -0.25) is 14.4 Å². The molecule has 0 aliphatic carbocycles. The van der Waals surface area contributed by atoms with Crippen molar-refractivity contribution in [2.24, 2.45) is 17.6 Å². The molecule has 0 spiro atoms. The molecule has 1 aromatic heterocycles. The average molecular weight is 488 g/mol. The summed E-state index contributed by atoms with van der Waals surface area (Å²) in [5.41, 5.74) is 7.98. The monoisotopic (exact) mass is 487 g/mol. The molecule has 2 aromatic rings. The summed E-state index contributed by atoms with van der Waals surface area (Å²) in [6.45, 7) is 8.70. The van der Waals surface area contributed by atoms with Crippen LogP contribution in [0.4, 0.5) is 0 Å². The summed E-state index contributed by atoms with van der Waals surface area (Å²) < 4.78 is 0. The van der Waals surface area contributed by atoms with E-state index in [2.05, 4.69) is 20.9 Å². The second-order valence-corrected chi connectivity index (χ2v) is 9.66. The minimum atomic E-state index is -1.14. The predicted molar refractivity (Wildman–Crippen MR) is 133 cm³/mol. The third-order valence-corrected chi connectivity index (χ3v) is 5.77. The van der Waals surface area contributed by atoms with Gasteiger partial charge in [0.1, 0.15) is 18.1 Å². The fourth-order valence-corrected chi connectivity index (χ4v) is 3.78. The van der Waals surface area contributed by atoms with Crippen LogP contribution in [0.3, 0.4) is 0 Å². The van der Waals surface area contributed by atoms with Crippen molar-refractivity contribution in [1.82, 2.24) is 20.9 Å². The molecule has 1 heterocycles. The lowest BCUT2D eigenvalue weighted by molar-refractivity contribution is -0.142. The molecule has 2 rings (SSSR count). The van der Waals surface area contributed by atoms with E-state index in [1.165, 1.54) is 6.92 Å². The standard InChI is InChI=1S/C25H37N5O5/c1-13(2)10-20(25(34)35)29-22(31)15(5)28-24(33)21(14(3)4)30-23(32)18(26)11-16-12-27-19-9-7-6-8-17(16)19/h6-9,12-15,18,20-21,27H,10-11,26H2,1-5H3,(H,28,33)(H,29,31)(H,30,32)(H,34,35). The lowest BCUT2D eigenvalue weighted by atomic mass is 10.0. The van der Waals surface area contributed by atoms with Gasteiger partial charge in [-0.1, -0.05) is 45.9 Å². The Kier molecular flexibility index (Phi) is 9.82. The summed E-state index contributed by atoms with van der Waals surface area (Å²) in [4.78, 5) is 52.7. The predicted octanol–water partition coefficient (Wildman–Crippen LogP) is 1.30. The molecule has 1 aromatic carbocycles. The second-order valence-electron chi connectivity index (χ2n) is 9.66. The number of rotatable bonds is 12. The Balaban J connectivity index is 1.98. The van der Waals surface area contributed by atoms with Gasteiger partial charge in [-0.2, -0.15) is 0 Å². The number of benzene rings is 1. The minimum absolute atomic E-state index is 0.0651. The van der Waals surface area contributed by atoms with Crippen molar-refractivity contribution in [2.75, 3.05) is 0 Å². The number of carboxylic acids is 1. The van der Waals surface area contributed by atoms with Crippen molar-refractivity contribution < 1.29 is 24.3 Å². The zero-order valence-electron chi connectivity index (χ0n) is 20.9. The van der Waals surface area contributed by atoms with Crippen LogP contribution in [0.5, 0.6) is 0 Å². The molecule has 10 nitrogen and oxygen atoms in total. The largest absolute Gasteiger partial charge is 0.480 e. The van der Waals surface area contributed by atoms with E-state index in [1.807, 2.05) is 44.3 Å². The number of fused-ring (bicyclic) bond motifs is 1. The van der Waals surface area contributed by atoms with E-state index in [9.17, 15) is 24.3 Å². The fourth-order valence-electron chi connectivity index (χ4n) is 3.78. The SMILES string of the molecule is CC(C)CC(NC(=O)C(C)NC(=O)C(NC(=O)C(N)Cc1c[nH]c2ccccc12)C(C)C)C(=O)O. The number of aromatic amines is 1. The van der Waals surface area contributed by atoms with Gasteiger partial charge in [0.25, 0.3) is 0 Å². The van der Waals surface area contributed by atoms with Gasteiger partial charge >= 0.3 is 5.97 Å². The molecule has 0 aliphatic rings. The highest BCUT2D eigenvalue weighted by Gasteiger charge is 2.30. The number of carbonyl (C=O) groups excluding carboxylic acids is 3. The fraction of sp³-hybridized carbons (Fsp3) is 0.520. The molecule has 35 heavy (non-hydrogen) atoms. The number of carboxylic acid groups (broad SMARTS) is 1. The molecule has 0 bridgehead atoms. The quantitative estimate of drug-likeness (QED) is 0.264. The highest BCUT2D eigenvalue weighted by molar-refractivity contribution is 5.94. The van der Waals surface area contributed by atoms with E-state index in [0.717, 1.165) is 16.5 Å². The van der Waals surface area contributed by atoms with Gasteiger partial charge in [-0.05, 0) is 43.2 Å². The highest BCUT2D eigenvalue weighted by atomic mass is 16.4. The Labute approximate surface area is 205 Å². The number of aliphatic carboxylic acids is 1. The Bertz CT molecular complexity index is 1050. The summed E-state index contributed by atoms with van der Waals surface area (Å²) in [5, 5.41) is 18.0. The lowest BCUT2D eigenvalue weighted by Crippen LogP contribution is -2.58. The van der Waals surface area contributed by atoms with Crippen molar-refractivity contribution in [3.63, 3.8) is 0 Å². The van der Waals surface area contributed by atoms with Crippen LogP contribution in [0.1, 0.15) is 46.6 Å². The Morgan fingerprint density at radius 3 is 2.20 bits per heavy atom. The van der Waals surface area contributed by atoms with Crippen molar-refractivity contribution in [1.29, 1.82) is 0 Å². The van der Waals surface area contributed by atoms with E-state index in [4.69, 9.17) is 5.73 Å². The highest BCUT2D eigenvalue weighted by Crippen LogP contribution is 2.19. The summed E-state index contributed by atoms with van der Waals surface area (Å²) in [6, 6.07) is 3.85. The minimum Gasteiger partial charge on any atom is -0.480 e. The van der Waals surface area contributed by atoms with Crippen LogP contribution in [-0.2, 0) is 25.6 Å². The molecule has 0 fully saturated rings. The smallest absolute Gasteiger partial charge is 0.326 e. The van der Waals surface area contributed by atoms with Crippen molar-refractivity contribution in [2.45, 2.75) is 71.6 Å². The maximum Gasteiger partial charge on any atom is 0.326 e. The van der Waals surface area contributed by atoms with Crippen LogP contribution in [0.15, 0.2) is 30.5 Å². The van der Waals surface area contributed by atoms with Crippen LogP contribution < -0.4 is 21.7 Å². The first-order valence-electron chi connectivity index (χ1n) is 11.8. The van der Waals surface area contributed by atoms with Crippen molar-refractivity contribution in [3.8, 4) is 0 Å². The molecule has 0 saturated heterocycles. The zero-order chi connectivity index (χ0) is 26.3. The number of nitrogens with one attached hydrogen (secondary N) is 4. The molecular formula is C25H37N5O5. The number of aromatic nitrogens is 1. The topological polar surface area (TPSA) is 166 Å². The first-order valence-corrected chi connectivity index (χ1v) is 11.8. The Hall–Kier alpha value is -3.40. The van der Waals surface area contributed by atoms with Gasteiger partial charge in [-0.25, -0.2) is 4.79 Å². The number of hydrogen-bond acceptors (Lipinski definition) is 5. The summed E-state index contributed by atoms with van der Waals surface area (Å²) in [5.74, 6) is -2.99. The van der Waals surface area contributed by atoms with E-state index in [-0.39, 0.29) is 24.7 Å². The van der Waals surface area contributed by atoms with Gasteiger partial charge in [0.05, 0.1) is 6.04 Å². The first kappa shape index (κ1) is 27.8. The van der Waals surface area contributed by atoms with E-state index in [1.54, 1.807) is 13.8 Å². The van der Waals surface area contributed by atoms with Crippen molar-refractivity contribution >= 4 is 34.6 Å². The maximum atomic E-state index is 12.9. The molecule has 192 valence electrons. The van der Waals surface area contributed by atoms with E-state index < -0.39 is 47.9 Å². The van der Waals surface area contributed by atoms with Crippen LogP contribution in [0, 0.1) is 11.8 Å². The first-order chi connectivity index (χ1) is 16.4. The molecule has 0 saturated carbocycles. The Morgan fingerprint density at radius 1 is 0.943 bits per heavy atom. The second kappa shape index (κ2) is 12.3. The molecule has 3 amide bonds. The van der Waals surface area contributed by atoms with E-state index in [0.29, 0.717) is 0 Å². The maximum absolute atomic E-state index is 12.9. The number of H-pyrrole nitrogens is 1. The molecular weight excluding hydrogens is 450 g/mol. The van der Waals surface area contributed by atoms with Gasteiger partial charge in [0, 0.05) is 17.1 Å².